The van der Waals surface area contributed by atoms with Crippen LogP contribution in [-0.4, -0.2) is 38.5 Å². The van der Waals surface area contributed by atoms with E-state index in [0.29, 0.717) is 11.3 Å². The molecule has 6 nitrogen and oxygen atoms in total. The normalized spacial score (nSPS) is 14.2. The molecule has 2 unspecified atom stereocenters. The highest BCUT2D eigenvalue weighted by molar-refractivity contribution is 7.89. The molecule has 3 N–H and O–H groups in total. The Morgan fingerprint density at radius 3 is 2.17 bits per heavy atom. The molecule has 0 aliphatic heterocycles. The SMILES string of the molecule is COc1ccc(C(NS(=O)(=O)c2ccc(C)cc2)C(O)CO)cc1. The third kappa shape index (κ3) is 4.33. The van der Waals surface area contributed by atoms with E-state index in [1.54, 1.807) is 36.4 Å². The molecule has 0 aliphatic rings. The van der Waals surface area contributed by atoms with Crippen molar-refractivity contribution in [3.63, 3.8) is 0 Å². The largest absolute Gasteiger partial charge is 0.497 e. The molecule has 7 heteroatoms. The fraction of sp³-hybridized carbons (Fsp3) is 0.294. The Balaban J connectivity index is 2.32. The highest BCUT2D eigenvalue weighted by Gasteiger charge is 2.27. The number of aliphatic hydroxyl groups is 2. The van der Waals surface area contributed by atoms with Crippen molar-refractivity contribution >= 4 is 10.0 Å². The fourth-order valence-electron chi connectivity index (χ4n) is 2.24. The maximum absolute atomic E-state index is 12.5. The minimum absolute atomic E-state index is 0.0942. The van der Waals surface area contributed by atoms with Gasteiger partial charge in [-0.3, -0.25) is 0 Å². The van der Waals surface area contributed by atoms with Crippen LogP contribution in [0.1, 0.15) is 17.2 Å². The molecule has 0 saturated carbocycles. The van der Waals surface area contributed by atoms with Gasteiger partial charge in [-0.05, 0) is 36.8 Å². The Hall–Kier alpha value is -1.93. The summed E-state index contributed by atoms with van der Waals surface area (Å²) in [5.41, 5.74) is 1.46. The second-order valence-electron chi connectivity index (χ2n) is 5.44. The molecule has 2 aromatic carbocycles. The summed E-state index contributed by atoms with van der Waals surface area (Å²) in [4.78, 5) is 0.0942. The van der Waals surface area contributed by atoms with Crippen LogP contribution in [0.2, 0.25) is 0 Å². The van der Waals surface area contributed by atoms with E-state index in [9.17, 15) is 18.6 Å². The van der Waals surface area contributed by atoms with Crippen LogP contribution in [0.3, 0.4) is 0 Å². The Morgan fingerprint density at radius 2 is 1.67 bits per heavy atom. The number of sulfonamides is 1. The Morgan fingerprint density at radius 1 is 1.08 bits per heavy atom. The average Bonchev–Trinajstić information content (AvgIpc) is 2.59. The molecule has 0 heterocycles. The van der Waals surface area contributed by atoms with Crippen LogP contribution in [0.4, 0.5) is 0 Å². The zero-order valence-corrected chi connectivity index (χ0v) is 14.3. The molecule has 0 aromatic heterocycles. The van der Waals surface area contributed by atoms with Gasteiger partial charge in [-0.1, -0.05) is 29.8 Å². The van der Waals surface area contributed by atoms with E-state index in [1.165, 1.54) is 19.2 Å². The number of hydrogen-bond acceptors (Lipinski definition) is 5. The smallest absolute Gasteiger partial charge is 0.241 e. The lowest BCUT2D eigenvalue weighted by atomic mass is 10.0. The molecule has 24 heavy (non-hydrogen) atoms. The first-order valence-electron chi connectivity index (χ1n) is 7.39. The summed E-state index contributed by atoms with van der Waals surface area (Å²) in [5.74, 6) is 0.609. The molecule has 2 atom stereocenters. The van der Waals surface area contributed by atoms with Crippen LogP contribution in [0.5, 0.6) is 5.75 Å². The van der Waals surface area contributed by atoms with Gasteiger partial charge in [-0.2, -0.15) is 0 Å². The molecule has 0 fully saturated rings. The van der Waals surface area contributed by atoms with Crippen molar-refractivity contribution < 1.29 is 23.4 Å². The number of rotatable bonds is 7. The van der Waals surface area contributed by atoms with Crippen molar-refractivity contribution in [1.29, 1.82) is 0 Å². The number of benzene rings is 2. The van der Waals surface area contributed by atoms with Gasteiger partial charge in [0.2, 0.25) is 10.0 Å². The van der Waals surface area contributed by atoms with Gasteiger partial charge < -0.3 is 14.9 Å². The lowest BCUT2D eigenvalue weighted by molar-refractivity contribution is 0.0693. The van der Waals surface area contributed by atoms with Crippen molar-refractivity contribution in [3.05, 3.63) is 59.7 Å². The van der Waals surface area contributed by atoms with Crippen molar-refractivity contribution in [1.82, 2.24) is 4.72 Å². The topological polar surface area (TPSA) is 95.9 Å². The van der Waals surface area contributed by atoms with Crippen LogP contribution in [0, 0.1) is 6.92 Å². The quantitative estimate of drug-likeness (QED) is 0.700. The zero-order valence-electron chi connectivity index (χ0n) is 13.5. The molecule has 0 bridgehead atoms. The van der Waals surface area contributed by atoms with E-state index in [0.717, 1.165) is 5.56 Å². The lowest BCUT2D eigenvalue weighted by Crippen LogP contribution is -2.38. The summed E-state index contributed by atoms with van der Waals surface area (Å²) in [5, 5.41) is 19.3. The number of aryl methyl sites for hydroxylation is 1. The Labute approximate surface area is 141 Å². The van der Waals surface area contributed by atoms with E-state index in [1.807, 2.05) is 6.92 Å². The first kappa shape index (κ1) is 18.4. The number of ether oxygens (including phenoxy) is 1. The Bertz CT molecular complexity index is 757. The summed E-state index contributed by atoms with van der Waals surface area (Å²) in [6.45, 7) is 1.28. The molecular weight excluding hydrogens is 330 g/mol. The molecular formula is C17H21NO5S. The van der Waals surface area contributed by atoms with Gasteiger partial charge in [-0.25, -0.2) is 13.1 Å². The van der Waals surface area contributed by atoms with E-state index in [2.05, 4.69) is 4.72 Å². The zero-order chi connectivity index (χ0) is 17.7. The first-order chi connectivity index (χ1) is 11.4. The van der Waals surface area contributed by atoms with Crippen LogP contribution in [-0.2, 0) is 10.0 Å². The molecule has 0 spiro atoms. The van der Waals surface area contributed by atoms with Gasteiger partial charge in [0.1, 0.15) is 5.75 Å². The highest BCUT2D eigenvalue weighted by atomic mass is 32.2. The lowest BCUT2D eigenvalue weighted by Gasteiger charge is -2.23. The number of aliphatic hydroxyl groups excluding tert-OH is 2. The predicted molar refractivity (Wildman–Crippen MR) is 90.3 cm³/mol. The Kier molecular flexibility index (Phi) is 5.95. The average molecular weight is 351 g/mol. The minimum atomic E-state index is -3.85. The standard InChI is InChI=1S/C17H21NO5S/c1-12-3-9-15(10-4-12)24(21,22)18-17(16(20)11-19)13-5-7-14(23-2)8-6-13/h3-10,16-20H,11H2,1-2H3. The predicted octanol–water partition coefficient (Wildman–Crippen LogP) is 1.38. The van der Waals surface area contributed by atoms with Gasteiger partial charge in [0.05, 0.1) is 30.8 Å². The minimum Gasteiger partial charge on any atom is -0.497 e. The maximum atomic E-state index is 12.5. The highest BCUT2D eigenvalue weighted by Crippen LogP contribution is 2.23. The van der Waals surface area contributed by atoms with Crippen molar-refractivity contribution in [2.75, 3.05) is 13.7 Å². The summed E-state index contributed by atoms with van der Waals surface area (Å²) in [7, 11) is -2.32. The molecule has 130 valence electrons. The summed E-state index contributed by atoms with van der Waals surface area (Å²) >= 11 is 0. The molecule has 0 aliphatic carbocycles. The van der Waals surface area contributed by atoms with Gasteiger partial charge in [0.15, 0.2) is 0 Å². The molecule has 2 aromatic rings. The number of methoxy groups -OCH3 is 1. The number of hydrogen-bond donors (Lipinski definition) is 3. The second-order valence-corrected chi connectivity index (χ2v) is 7.15. The molecule has 2 rings (SSSR count). The van der Waals surface area contributed by atoms with Crippen LogP contribution in [0.15, 0.2) is 53.4 Å². The molecule has 0 radical (unpaired) electrons. The fourth-order valence-corrected chi connectivity index (χ4v) is 3.50. The number of nitrogens with one attached hydrogen (secondary N) is 1. The molecule has 0 saturated heterocycles. The van der Waals surface area contributed by atoms with Crippen molar-refractivity contribution in [3.8, 4) is 5.75 Å². The van der Waals surface area contributed by atoms with Crippen molar-refractivity contribution in [2.24, 2.45) is 0 Å². The summed E-state index contributed by atoms with van der Waals surface area (Å²) < 4.78 is 32.6. The van der Waals surface area contributed by atoms with Crippen LogP contribution in [0.25, 0.3) is 0 Å². The second kappa shape index (κ2) is 7.76. The summed E-state index contributed by atoms with van der Waals surface area (Å²) in [6, 6.07) is 12.0. The van der Waals surface area contributed by atoms with E-state index in [4.69, 9.17) is 4.74 Å². The monoisotopic (exact) mass is 351 g/mol. The van der Waals surface area contributed by atoms with Gasteiger partial charge in [0.25, 0.3) is 0 Å². The summed E-state index contributed by atoms with van der Waals surface area (Å²) in [6.07, 6.45) is -1.28. The van der Waals surface area contributed by atoms with E-state index >= 15 is 0 Å². The van der Waals surface area contributed by atoms with Crippen LogP contribution >= 0.6 is 0 Å². The maximum Gasteiger partial charge on any atom is 0.241 e. The van der Waals surface area contributed by atoms with E-state index < -0.39 is 28.8 Å². The third-order valence-corrected chi connectivity index (χ3v) is 5.12. The molecule has 0 amide bonds. The van der Waals surface area contributed by atoms with E-state index in [-0.39, 0.29) is 4.90 Å². The first-order valence-corrected chi connectivity index (χ1v) is 8.87. The van der Waals surface area contributed by atoms with Gasteiger partial charge in [-0.15, -0.1) is 0 Å². The van der Waals surface area contributed by atoms with Crippen molar-refractivity contribution in [2.45, 2.75) is 24.0 Å². The van der Waals surface area contributed by atoms with Gasteiger partial charge >= 0.3 is 0 Å². The van der Waals surface area contributed by atoms with Crippen LogP contribution < -0.4 is 9.46 Å². The third-order valence-electron chi connectivity index (χ3n) is 3.66. The van der Waals surface area contributed by atoms with Gasteiger partial charge in [0, 0.05) is 0 Å².